The minimum absolute atomic E-state index is 0.347. The summed E-state index contributed by atoms with van der Waals surface area (Å²) >= 11 is 0. The van der Waals surface area contributed by atoms with Gasteiger partial charge in [-0.15, -0.1) is 0 Å². The smallest absolute Gasteiger partial charge is 0.422 e. The van der Waals surface area contributed by atoms with E-state index in [4.69, 9.17) is 0 Å². The van der Waals surface area contributed by atoms with Gasteiger partial charge in [0.15, 0.2) is 18.2 Å². The van der Waals surface area contributed by atoms with Gasteiger partial charge >= 0.3 is 6.18 Å². The third-order valence-electron chi connectivity index (χ3n) is 4.66. The standard InChI is InChI=1S/C19H21F4N3O/c1-12-2-5-15(6-3-12)26-18-24-9-14(10-25-18)13-4-7-16(20)17(8-13)27-11-19(21,22)23/h4,7-10,12,15H,2-3,5-6,11H2,1H3,(H,24,25,26). The zero-order chi connectivity index (χ0) is 19.4. The quantitative estimate of drug-likeness (QED) is 0.720. The minimum atomic E-state index is -4.53. The van der Waals surface area contributed by atoms with E-state index in [1.165, 1.54) is 25.0 Å². The lowest BCUT2D eigenvalue weighted by Crippen LogP contribution is -2.26. The molecule has 1 aliphatic carbocycles. The summed E-state index contributed by atoms with van der Waals surface area (Å²) in [7, 11) is 0. The molecule has 0 aliphatic heterocycles. The molecule has 1 N–H and O–H groups in total. The topological polar surface area (TPSA) is 47.0 Å². The fourth-order valence-corrected chi connectivity index (χ4v) is 3.09. The molecule has 0 radical (unpaired) electrons. The first-order valence-corrected chi connectivity index (χ1v) is 8.88. The van der Waals surface area contributed by atoms with Crippen molar-refractivity contribution in [3.63, 3.8) is 0 Å². The Balaban J connectivity index is 1.67. The Morgan fingerprint density at radius 2 is 1.74 bits per heavy atom. The van der Waals surface area contributed by atoms with E-state index in [0.29, 0.717) is 23.1 Å². The molecule has 146 valence electrons. The van der Waals surface area contributed by atoms with Gasteiger partial charge in [0, 0.05) is 24.0 Å². The molecule has 1 aromatic carbocycles. The number of anilines is 1. The molecular weight excluding hydrogens is 362 g/mol. The monoisotopic (exact) mass is 383 g/mol. The molecule has 1 heterocycles. The van der Waals surface area contributed by atoms with Gasteiger partial charge in [-0.05, 0) is 49.3 Å². The third kappa shape index (κ3) is 5.55. The van der Waals surface area contributed by atoms with Crippen LogP contribution in [0.25, 0.3) is 11.1 Å². The number of nitrogens with one attached hydrogen (secondary N) is 1. The van der Waals surface area contributed by atoms with E-state index in [2.05, 4.69) is 26.9 Å². The van der Waals surface area contributed by atoms with Crippen molar-refractivity contribution in [2.45, 2.75) is 44.8 Å². The van der Waals surface area contributed by atoms with Crippen LogP contribution in [0.4, 0.5) is 23.5 Å². The van der Waals surface area contributed by atoms with Gasteiger partial charge in [0.05, 0.1) is 0 Å². The van der Waals surface area contributed by atoms with Gasteiger partial charge in [-0.3, -0.25) is 0 Å². The van der Waals surface area contributed by atoms with Crippen molar-refractivity contribution in [2.75, 3.05) is 11.9 Å². The Kier molecular flexibility index (Phi) is 5.82. The fourth-order valence-electron chi connectivity index (χ4n) is 3.09. The van der Waals surface area contributed by atoms with Crippen LogP contribution < -0.4 is 10.1 Å². The van der Waals surface area contributed by atoms with Gasteiger partial charge in [-0.25, -0.2) is 14.4 Å². The molecule has 0 spiro atoms. The van der Waals surface area contributed by atoms with Gasteiger partial charge in [0.1, 0.15) is 0 Å². The molecular formula is C19H21F4N3O. The summed E-state index contributed by atoms with van der Waals surface area (Å²) in [5, 5.41) is 3.31. The second kappa shape index (κ2) is 8.10. The maximum absolute atomic E-state index is 13.7. The SMILES string of the molecule is CC1CCC(Nc2ncc(-c3ccc(F)c(OCC(F)(F)F)c3)cn2)CC1. The highest BCUT2D eigenvalue weighted by Crippen LogP contribution is 2.28. The van der Waals surface area contributed by atoms with Crippen LogP contribution in [0.1, 0.15) is 32.6 Å². The maximum Gasteiger partial charge on any atom is 0.422 e. The molecule has 3 rings (SSSR count). The Morgan fingerprint density at radius 3 is 2.37 bits per heavy atom. The van der Waals surface area contributed by atoms with Crippen LogP contribution in [0.5, 0.6) is 5.75 Å². The van der Waals surface area contributed by atoms with Crippen LogP contribution in [0.2, 0.25) is 0 Å². The van der Waals surface area contributed by atoms with E-state index in [9.17, 15) is 17.6 Å². The molecule has 1 fully saturated rings. The number of ether oxygens (including phenoxy) is 1. The van der Waals surface area contributed by atoms with Gasteiger partial charge < -0.3 is 10.1 Å². The van der Waals surface area contributed by atoms with Crippen molar-refractivity contribution in [1.82, 2.24) is 9.97 Å². The maximum atomic E-state index is 13.7. The largest absolute Gasteiger partial charge is 0.481 e. The number of aromatic nitrogens is 2. The van der Waals surface area contributed by atoms with Crippen LogP contribution in [0.3, 0.4) is 0 Å². The lowest BCUT2D eigenvalue weighted by Gasteiger charge is -2.26. The molecule has 0 atom stereocenters. The molecule has 0 saturated heterocycles. The summed E-state index contributed by atoms with van der Waals surface area (Å²) in [5.41, 5.74) is 1.04. The second-order valence-electron chi connectivity index (χ2n) is 6.95. The predicted octanol–water partition coefficient (Wildman–Crippen LogP) is 5.21. The van der Waals surface area contributed by atoms with Crippen LogP contribution >= 0.6 is 0 Å². The van der Waals surface area contributed by atoms with E-state index in [1.54, 1.807) is 12.4 Å². The Morgan fingerprint density at radius 1 is 1.07 bits per heavy atom. The molecule has 27 heavy (non-hydrogen) atoms. The van der Waals surface area contributed by atoms with Crippen molar-refractivity contribution < 1.29 is 22.3 Å². The summed E-state index contributed by atoms with van der Waals surface area (Å²) in [4.78, 5) is 8.54. The molecule has 0 amide bonds. The first-order valence-electron chi connectivity index (χ1n) is 8.88. The number of nitrogens with zero attached hydrogens (tertiary/aromatic N) is 2. The van der Waals surface area contributed by atoms with Crippen molar-refractivity contribution in [3.05, 3.63) is 36.4 Å². The van der Waals surface area contributed by atoms with Gasteiger partial charge in [-0.2, -0.15) is 13.2 Å². The molecule has 1 saturated carbocycles. The van der Waals surface area contributed by atoms with Gasteiger partial charge in [-0.1, -0.05) is 13.0 Å². The highest BCUT2D eigenvalue weighted by atomic mass is 19.4. The van der Waals surface area contributed by atoms with Crippen molar-refractivity contribution in [3.8, 4) is 16.9 Å². The van der Waals surface area contributed by atoms with E-state index >= 15 is 0 Å². The van der Waals surface area contributed by atoms with Crippen LogP contribution in [0, 0.1) is 11.7 Å². The second-order valence-corrected chi connectivity index (χ2v) is 6.95. The van der Waals surface area contributed by atoms with Crippen LogP contribution in [0.15, 0.2) is 30.6 Å². The number of halogens is 4. The first-order chi connectivity index (χ1) is 12.8. The highest BCUT2D eigenvalue weighted by molar-refractivity contribution is 5.64. The van der Waals surface area contributed by atoms with E-state index in [0.717, 1.165) is 24.8 Å². The summed E-state index contributed by atoms with van der Waals surface area (Å²) in [6.07, 6.45) is 3.07. The zero-order valence-electron chi connectivity index (χ0n) is 14.9. The summed E-state index contributed by atoms with van der Waals surface area (Å²) in [6.45, 7) is 0.698. The first kappa shape index (κ1) is 19.4. The molecule has 4 nitrogen and oxygen atoms in total. The molecule has 8 heteroatoms. The normalized spacial score (nSPS) is 20.3. The van der Waals surface area contributed by atoms with E-state index in [1.807, 2.05) is 0 Å². The molecule has 2 aromatic rings. The molecule has 0 bridgehead atoms. The average molecular weight is 383 g/mol. The highest BCUT2D eigenvalue weighted by Gasteiger charge is 2.29. The average Bonchev–Trinajstić information content (AvgIpc) is 2.63. The third-order valence-corrected chi connectivity index (χ3v) is 4.66. The Hall–Kier alpha value is -2.38. The van der Waals surface area contributed by atoms with E-state index < -0.39 is 24.3 Å². The lowest BCUT2D eigenvalue weighted by molar-refractivity contribution is -0.153. The van der Waals surface area contributed by atoms with Crippen molar-refractivity contribution in [2.24, 2.45) is 5.92 Å². The van der Waals surface area contributed by atoms with Crippen molar-refractivity contribution >= 4 is 5.95 Å². The van der Waals surface area contributed by atoms with Crippen molar-refractivity contribution in [1.29, 1.82) is 0 Å². The molecule has 0 unspecified atom stereocenters. The summed E-state index contributed by atoms with van der Waals surface area (Å²) < 4.78 is 55.1. The zero-order valence-corrected chi connectivity index (χ0v) is 14.9. The number of hydrogen-bond donors (Lipinski definition) is 1. The Bertz CT molecular complexity index is 757. The number of rotatable bonds is 5. The number of benzene rings is 1. The van der Waals surface area contributed by atoms with E-state index in [-0.39, 0.29) is 0 Å². The fraction of sp³-hybridized carbons (Fsp3) is 0.474. The molecule has 1 aliphatic rings. The number of alkyl halides is 3. The minimum Gasteiger partial charge on any atom is -0.481 e. The molecule has 1 aromatic heterocycles. The summed E-state index contributed by atoms with van der Waals surface area (Å²) in [6, 6.07) is 4.08. The predicted molar refractivity (Wildman–Crippen MR) is 94.0 cm³/mol. The number of hydrogen-bond acceptors (Lipinski definition) is 4. The van der Waals surface area contributed by atoms with Crippen LogP contribution in [-0.4, -0.2) is 28.8 Å². The van der Waals surface area contributed by atoms with Gasteiger partial charge in [0.25, 0.3) is 0 Å². The Labute approximate surface area is 155 Å². The van der Waals surface area contributed by atoms with Gasteiger partial charge in [0.2, 0.25) is 5.95 Å². The summed E-state index contributed by atoms with van der Waals surface area (Å²) in [5.74, 6) is -0.0513. The lowest BCUT2D eigenvalue weighted by atomic mass is 9.87. The van der Waals surface area contributed by atoms with Crippen LogP contribution in [-0.2, 0) is 0 Å².